The van der Waals surface area contributed by atoms with E-state index in [1.165, 1.54) is 11.3 Å². The van der Waals surface area contributed by atoms with Crippen LogP contribution in [0.15, 0.2) is 71.4 Å². The highest BCUT2D eigenvalue weighted by atomic mass is 32.1. The van der Waals surface area contributed by atoms with Gasteiger partial charge in [0.25, 0.3) is 5.91 Å². The Bertz CT molecular complexity index is 860. The number of benzene rings is 2. The van der Waals surface area contributed by atoms with Crippen LogP contribution < -0.4 is 5.32 Å². The lowest BCUT2D eigenvalue weighted by Gasteiger charge is -2.11. The van der Waals surface area contributed by atoms with Crippen LogP contribution in [0, 0.1) is 0 Å². The molecule has 1 amide bonds. The zero-order valence-electron chi connectivity index (χ0n) is 14.2. The number of hydrogen-bond donors (Lipinski definition) is 1. The minimum absolute atomic E-state index is 0.182. The van der Waals surface area contributed by atoms with Crippen molar-refractivity contribution in [3.05, 3.63) is 88.1 Å². The highest BCUT2D eigenvalue weighted by molar-refractivity contribution is 7.08. The number of carbonyl (C=O) groups excluding carboxylic acids is 2. The van der Waals surface area contributed by atoms with E-state index in [4.69, 9.17) is 4.74 Å². The van der Waals surface area contributed by atoms with Gasteiger partial charge in [0.15, 0.2) is 6.61 Å². The van der Waals surface area contributed by atoms with Gasteiger partial charge in [-0.3, -0.25) is 9.59 Å². The molecule has 0 aliphatic heterocycles. The molecule has 0 bridgehead atoms. The van der Waals surface area contributed by atoms with Gasteiger partial charge in [-0.25, -0.2) is 0 Å². The van der Waals surface area contributed by atoms with Crippen molar-refractivity contribution in [3.8, 4) is 0 Å². The molecule has 3 rings (SSSR count). The Morgan fingerprint density at radius 2 is 1.69 bits per heavy atom. The first-order chi connectivity index (χ1) is 12.7. The van der Waals surface area contributed by atoms with Crippen molar-refractivity contribution in [2.45, 2.75) is 12.8 Å². The number of para-hydroxylation sites is 1. The summed E-state index contributed by atoms with van der Waals surface area (Å²) in [6, 6.07) is 19.5. The molecule has 0 fully saturated rings. The van der Waals surface area contributed by atoms with Crippen LogP contribution in [0.4, 0.5) is 5.69 Å². The van der Waals surface area contributed by atoms with Gasteiger partial charge in [0.1, 0.15) is 0 Å². The molecule has 0 unspecified atom stereocenters. The summed E-state index contributed by atoms with van der Waals surface area (Å²) < 4.78 is 5.06. The molecular formula is C21H19NO3S. The molecule has 4 nitrogen and oxygen atoms in total. The molecule has 0 saturated heterocycles. The van der Waals surface area contributed by atoms with Gasteiger partial charge < -0.3 is 10.1 Å². The molecule has 0 saturated carbocycles. The molecule has 1 heterocycles. The summed E-state index contributed by atoms with van der Waals surface area (Å²) in [5.41, 5.74) is 3.80. The van der Waals surface area contributed by atoms with E-state index in [1.807, 2.05) is 71.4 Å². The van der Waals surface area contributed by atoms with E-state index in [-0.39, 0.29) is 18.9 Å². The topological polar surface area (TPSA) is 55.4 Å². The second-order valence-electron chi connectivity index (χ2n) is 5.84. The minimum atomic E-state index is -0.406. The summed E-state index contributed by atoms with van der Waals surface area (Å²) in [6.45, 7) is -0.289. The van der Waals surface area contributed by atoms with E-state index in [0.717, 1.165) is 28.8 Å². The third-order valence-electron chi connectivity index (χ3n) is 3.82. The fourth-order valence-electron chi connectivity index (χ4n) is 2.56. The van der Waals surface area contributed by atoms with Crippen molar-refractivity contribution in [2.24, 2.45) is 0 Å². The van der Waals surface area contributed by atoms with Crippen molar-refractivity contribution < 1.29 is 14.3 Å². The Hall–Kier alpha value is -2.92. The predicted molar refractivity (Wildman–Crippen MR) is 103 cm³/mol. The van der Waals surface area contributed by atoms with E-state index < -0.39 is 5.97 Å². The Morgan fingerprint density at radius 1 is 0.923 bits per heavy atom. The van der Waals surface area contributed by atoms with Crippen LogP contribution in [-0.4, -0.2) is 18.5 Å². The third kappa shape index (κ3) is 5.29. The van der Waals surface area contributed by atoms with Crippen molar-refractivity contribution in [1.29, 1.82) is 0 Å². The van der Waals surface area contributed by atoms with Crippen LogP contribution in [-0.2, 0) is 27.2 Å². The first kappa shape index (κ1) is 17.9. The van der Waals surface area contributed by atoms with E-state index in [9.17, 15) is 9.59 Å². The molecule has 132 valence electrons. The Kier molecular flexibility index (Phi) is 6.17. The van der Waals surface area contributed by atoms with Crippen LogP contribution in [0.25, 0.3) is 0 Å². The summed E-state index contributed by atoms with van der Waals surface area (Å²) in [5.74, 6) is -0.750. The zero-order valence-corrected chi connectivity index (χ0v) is 15.0. The summed E-state index contributed by atoms with van der Waals surface area (Å²) in [5, 5.41) is 6.62. The highest BCUT2D eigenvalue weighted by Crippen LogP contribution is 2.19. The molecule has 0 atom stereocenters. The predicted octanol–water partition coefficient (Wildman–Crippen LogP) is 4.06. The van der Waals surface area contributed by atoms with Gasteiger partial charge in [0.2, 0.25) is 0 Å². The second-order valence-corrected chi connectivity index (χ2v) is 6.62. The third-order valence-corrected chi connectivity index (χ3v) is 4.55. The standard InChI is InChI=1S/C21H19NO3S/c23-20(14-25-21(24)13-17-10-11-26-15-17)22-19-9-5-4-8-18(19)12-16-6-2-1-3-7-16/h1-11,15H,12-14H2,(H,22,23). The average Bonchev–Trinajstić information content (AvgIpc) is 3.15. The maximum absolute atomic E-state index is 12.1. The maximum atomic E-state index is 12.1. The largest absolute Gasteiger partial charge is 0.455 e. The molecule has 0 radical (unpaired) electrons. The molecule has 0 aliphatic carbocycles. The van der Waals surface area contributed by atoms with Gasteiger partial charge in [-0.1, -0.05) is 48.5 Å². The molecule has 0 aliphatic rings. The van der Waals surface area contributed by atoms with Crippen molar-refractivity contribution in [2.75, 3.05) is 11.9 Å². The number of rotatable bonds is 7. The SMILES string of the molecule is O=C(COC(=O)Cc1ccsc1)Nc1ccccc1Cc1ccccc1. The van der Waals surface area contributed by atoms with Gasteiger partial charge in [0.05, 0.1) is 6.42 Å². The lowest BCUT2D eigenvalue weighted by molar-refractivity contribution is -0.146. The summed E-state index contributed by atoms with van der Waals surface area (Å²) in [6.07, 6.45) is 0.899. The molecule has 2 aromatic carbocycles. The van der Waals surface area contributed by atoms with E-state index in [1.54, 1.807) is 0 Å². The second kappa shape index (κ2) is 8.97. The van der Waals surface area contributed by atoms with Crippen molar-refractivity contribution >= 4 is 28.9 Å². The van der Waals surface area contributed by atoms with E-state index >= 15 is 0 Å². The summed E-state index contributed by atoms with van der Waals surface area (Å²) in [4.78, 5) is 23.9. The first-order valence-electron chi connectivity index (χ1n) is 8.29. The smallest absolute Gasteiger partial charge is 0.310 e. The van der Waals surface area contributed by atoms with E-state index in [2.05, 4.69) is 5.32 Å². The summed E-state index contributed by atoms with van der Waals surface area (Å²) >= 11 is 1.52. The van der Waals surface area contributed by atoms with Gasteiger partial charge in [0, 0.05) is 5.69 Å². The molecule has 0 spiro atoms. The molecule has 3 aromatic rings. The molecule has 1 N–H and O–H groups in total. The first-order valence-corrected chi connectivity index (χ1v) is 9.23. The number of nitrogens with one attached hydrogen (secondary N) is 1. The van der Waals surface area contributed by atoms with Crippen LogP contribution >= 0.6 is 11.3 Å². The number of esters is 1. The number of ether oxygens (including phenoxy) is 1. The highest BCUT2D eigenvalue weighted by Gasteiger charge is 2.11. The number of carbonyl (C=O) groups is 2. The summed E-state index contributed by atoms with van der Waals surface area (Å²) in [7, 11) is 0. The van der Waals surface area contributed by atoms with E-state index in [0.29, 0.717) is 0 Å². The fourth-order valence-corrected chi connectivity index (χ4v) is 3.22. The van der Waals surface area contributed by atoms with Crippen LogP contribution in [0.5, 0.6) is 0 Å². The van der Waals surface area contributed by atoms with Crippen LogP contribution in [0.3, 0.4) is 0 Å². The normalized spacial score (nSPS) is 10.3. The Balaban J connectivity index is 1.55. The molecule has 5 heteroatoms. The zero-order chi connectivity index (χ0) is 18.2. The van der Waals surface area contributed by atoms with Crippen LogP contribution in [0.1, 0.15) is 16.7 Å². The quantitative estimate of drug-likeness (QED) is 0.642. The lowest BCUT2D eigenvalue weighted by atomic mass is 10.0. The van der Waals surface area contributed by atoms with Crippen molar-refractivity contribution in [3.63, 3.8) is 0 Å². The molecule has 1 aromatic heterocycles. The van der Waals surface area contributed by atoms with Gasteiger partial charge in [-0.2, -0.15) is 11.3 Å². The number of anilines is 1. The van der Waals surface area contributed by atoms with Crippen LogP contribution in [0.2, 0.25) is 0 Å². The maximum Gasteiger partial charge on any atom is 0.310 e. The van der Waals surface area contributed by atoms with Gasteiger partial charge in [-0.15, -0.1) is 0 Å². The monoisotopic (exact) mass is 365 g/mol. The van der Waals surface area contributed by atoms with Gasteiger partial charge in [-0.05, 0) is 46.0 Å². The average molecular weight is 365 g/mol. The molecular weight excluding hydrogens is 346 g/mol. The fraction of sp³-hybridized carbons (Fsp3) is 0.143. The molecule has 26 heavy (non-hydrogen) atoms. The number of hydrogen-bond acceptors (Lipinski definition) is 4. The Labute approximate surface area is 156 Å². The lowest BCUT2D eigenvalue weighted by Crippen LogP contribution is -2.22. The van der Waals surface area contributed by atoms with Gasteiger partial charge >= 0.3 is 5.97 Å². The number of thiophene rings is 1. The Morgan fingerprint density at radius 3 is 2.46 bits per heavy atom. The van der Waals surface area contributed by atoms with Crippen molar-refractivity contribution in [1.82, 2.24) is 0 Å². The number of amides is 1. The minimum Gasteiger partial charge on any atom is -0.455 e.